The van der Waals surface area contributed by atoms with E-state index in [1.807, 2.05) is 12.1 Å². The van der Waals surface area contributed by atoms with Crippen LogP contribution in [0.15, 0.2) is 16.6 Å². The van der Waals surface area contributed by atoms with Crippen LogP contribution in [0.1, 0.15) is 23.5 Å². The summed E-state index contributed by atoms with van der Waals surface area (Å²) >= 11 is 3.42. The molecule has 0 spiro atoms. The second-order valence-electron chi connectivity index (χ2n) is 4.97. The first kappa shape index (κ1) is 12.4. The van der Waals surface area contributed by atoms with Gasteiger partial charge in [0.1, 0.15) is 11.9 Å². The highest BCUT2D eigenvalue weighted by molar-refractivity contribution is 9.10. The molecular weight excluding hydrogens is 300 g/mol. The second kappa shape index (κ2) is 4.49. The quantitative estimate of drug-likeness (QED) is 0.766. The molecule has 2 aliphatic rings. The van der Waals surface area contributed by atoms with Gasteiger partial charge in [-0.1, -0.05) is 15.9 Å². The zero-order valence-corrected chi connectivity index (χ0v) is 11.3. The Morgan fingerprint density at radius 1 is 1.33 bits per heavy atom. The van der Waals surface area contributed by atoms with E-state index in [-0.39, 0.29) is 31.2 Å². The van der Waals surface area contributed by atoms with Gasteiger partial charge in [-0.05, 0) is 12.1 Å². The first-order valence-electron chi connectivity index (χ1n) is 6.04. The van der Waals surface area contributed by atoms with Gasteiger partial charge in [-0.3, -0.25) is 0 Å². The van der Waals surface area contributed by atoms with Crippen molar-refractivity contribution < 1.29 is 20.1 Å². The molecule has 3 N–H and O–H groups in total. The molecular formula is C13H15BrO4. The van der Waals surface area contributed by atoms with Gasteiger partial charge in [0.25, 0.3) is 0 Å². The zero-order valence-electron chi connectivity index (χ0n) is 9.71. The Morgan fingerprint density at radius 2 is 2.11 bits per heavy atom. The number of benzene rings is 1. The lowest BCUT2D eigenvalue weighted by atomic mass is 9.88. The molecule has 1 aromatic rings. The van der Waals surface area contributed by atoms with Gasteiger partial charge >= 0.3 is 0 Å². The average molecular weight is 315 g/mol. The van der Waals surface area contributed by atoms with E-state index in [2.05, 4.69) is 15.9 Å². The molecule has 0 radical (unpaired) electrons. The molecule has 1 heterocycles. The third-order valence-electron chi connectivity index (χ3n) is 4.00. The van der Waals surface area contributed by atoms with Crippen LogP contribution in [-0.4, -0.2) is 34.1 Å². The van der Waals surface area contributed by atoms with Crippen molar-refractivity contribution >= 4 is 15.9 Å². The summed E-state index contributed by atoms with van der Waals surface area (Å²) in [5.74, 6) is 0.556. The molecule has 0 unspecified atom stereocenters. The van der Waals surface area contributed by atoms with Gasteiger partial charge in [-0.25, -0.2) is 0 Å². The Morgan fingerprint density at radius 3 is 2.78 bits per heavy atom. The molecule has 5 heteroatoms. The van der Waals surface area contributed by atoms with Crippen molar-refractivity contribution in [3.05, 3.63) is 27.7 Å². The highest BCUT2D eigenvalue weighted by Crippen LogP contribution is 2.52. The van der Waals surface area contributed by atoms with Crippen molar-refractivity contribution in [3.8, 4) is 5.75 Å². The van der Waals surface area contributed by atoms with Crippen LogP contribution in [0.2, 0.25) is 0 Å². The molecule has 4 nitrogen and oxygen atoms in total. The average Bonchev–Trinajstić information content (AvgIpc) is 2.83. The largest absolute Gasteiger partial charge is 0.489 e. The molecule has 98 valence electrons. The summed E-state index contributed by atoms with van der Waals surface area (Å²) in [6.07, 6.45) is -0.0750. The molecule has 1 saturated carbocycles. The molecule has 0 saturated heterocycles. The first-order valence-corrected chi connectivity index (χ1v) is 6.83. The lowest BCUT2D eigenvalue weighted by molar-refractivity contribution is 0.0832. The van der Waals surface area contributed by atoms with E-state index in [0.29, 0.717) is 6.42 Å². The summed E-state index contributed by atoms with van der Waals surface area (Å²) in [6.45, 7) is -0.125. The Hall–Kier alpha value is -0.620. The number of ether oxygens (including phenoxy) is 1. The summed E-state index contributed by atoms with van der Waals surface area (Å²) in [5.41, 5.74) is 1.73. The topological polar surface area (TPSA) is 69.9 Å². The van der Waals surface area contributed by atoms with Gasteiger partial charge in [0.05, 0.1) is 12.7 Å². The number of fused-ring (bicyclic) bond motifs is 3. The molecule has 0 bridgehead atoms. The Labute approximate surface area is 113 Å². The van der Waals surface area contributed by atoms with Crippen LogP contribution >= 0.6 is 15.9 Å². The predicted octanol–water partition coefficient (Wildman–Crippen LogP) is 1.16. The van der Waals surface area contributed by atoms with Crippen molar-refractivity contribution in [2.24, 2.45) is 5.92 Å². The first-order chi connectivity index (χ1) is 8.65. The zero-order chi connectivity index (χ0) is 12.9. The van der Waals surface area contributed by atoms with Gasteiger partial charge in [-0.2, -0.15) is 0 Å². The molecule has 1 aliphatic carbocycles. The molecule has 1 fully saturated rings. The fourth-order valence-electron chi connectivity index (χ4n) is 3.20. The maximum atomic E-state index is 9.92. The minimum atomic E-state index is -0.519. The van der Waals surface area contributed by atoms with E-state index in [4.69, 9.17) is 4.74 Å². The molecule has 1 aliphatic heterocycles. The van der Waals surface area contributed by atoms with Crippen molar-refractivity contribution in [2.75, 3.05) is 6.61 Å². The maximum Gasteiger partial charge on any atom is 0.128 e. The third kappa shape index (κ3) is 1.69. The van der Waals surface area contributed by atoms with Crippen molar-refractivity contribution in [2.45, 2.75) is 31.2 Å². The van der Waals surface area contributed by atoms with E-state index in [0.717, 1.165) is 21.3 Å². The van der Waals surface area contributed by atoms with Gasteiger partial charge in [0.2, 0.25) is 0 Å². The maximum absolute atomic E-state index is 9.92. The van der Waals surface area contributed by atoms with Gasteiger partial charge in [0, 0.05) is 40.5 Å². The molecule has 0 aromatic heterocycles. The third-order valence-corrected chi connectivity index (χ3v) is 4.46. The molecule has 18 heavy (non-hydrogen) atoms. The minimum absolute atomic E-state index is 0.0165. The second-order valence-corrected chi connectivity index (χ2v) is 5.89. The lowest BCUT2D eigenvalue weighted by Crippen LogP contribution is -2.22. The number of aliphatic hydroxyl groups excluding tert-OH is 3. The van der Waals surface area contributed by atoms with Crippen molar-refractivity contribution in [3.63, 3.8) is 0 Å². The number of hydrogen-bond acceptors (Lipinski definition) is 4. The minimum Gasteiger partial charge on any atom is -0.489 e. The van der Waals surface area contributed by atoms with E-state index in [1.54, 1.807) is 0 Å². The van der Waals surface area contributed by atoms with Crippen molar-refractivity contribution in [1.82, 2.24) is 0 Å². The fraction of sp³-hybridized carbons (Fsp3) is 0.538. The number of aliphatic hydroxyl groups is 3. The van der Waals surface area contributed by atoms with Gasteiger partial charge in [-0.15, -0.1) is 0 Å². The van der Waals surface area contributed by atoms with Crippen molar-refractivity contribution in [1.29, 1.82) is 0 Å². The van der Waals surface area contributed by atoms with Crippen LogP contribution in [-0.2, 0) is 6.61 Å². The van der Waals surface area contributed by atoms with Gasteiger partial charge < -0.3 is 20.1 Å². The Kier molecular flexibility index (Phi) is 3.10. The van der Waals surface area contributed by atoms with E-state index in [9.17, 15) is 15.3 Å². The number of halogens is 1. The van der Waals surface area contributed by atoms with E-state index < -0.39 is 6.10 Å². The van der Waals surface area contributed by atoms with Crippen LogP contribution in [0.4, 0.5) is 0 Å². The van der Waals surface area contributed by atoms with E-state index in [1.165, 1.54) is 0 Å². The smallest absolute Gasteiger partial charge is 0.128 e. The lowest BCUT2D eigenvalue weighted by Gasteiger charge is -2.18. The van der Waals surface area contributed by atoms with Gasteiger partial charge in [0.15, 0.2) is 0 Å². The summed E-state index contributed by atoms with van der Waals surface area (Å²) in [5, 5.41) is 28.7. The van der Waals surface area contributed by atoms with Crippen LogP contribution in [0.3, 0.4) is 0 Å². The standard InChI is InChI=1S/C13H15BrO4/c14-7-1-6(4-15)13-8(2-7)12-9(5-16)10(17)3-11(12)18-13/h1-2,9-12,15-17H,3-5H2/t9-,10+,11-,12+/m0/s1. The monoisotopic (exact) mass is 314 g/mol. The normalized spacial score (nSPS) is 33.1. The highest BCUT2D eigenvalue weighted by atomic mass is 79.9. The van der Waals surface area contributed by atoms with Crippen LogP contribution in [0.25, 0.3) is 0 Å². The molecule has 3 rings (SSSR count). The van der Waals surface area contributed by atoms with Crippen LogP contribution in [0, 0.1) is 5.92 Å². The summed E-state index contributed by atoms with van der Waals surface area (Å²) in [7, 11) is 0. The molecule has 1 aromatic carbocycles. The highest BCUT2D eigenvalue weighted by Gasteiger charge is 2.49. The summed E-state index contributed by atoms with van der Waals surface area (Å²) < 4.78 is 6.74. The number of rotatable bonds is 2. The Balaban J connectivity index is 2.07. The number of hydrogen-bond donors (Lipinski definition) is 3. The Bertz CT molecular complexity index is 476. The summed E-state index contributed by atoms with van der Waals surface area (Å²) in [6, 6.07) is 3.80. The fourth-order valence-corrected chi connectivity index (χ4v) is 3.72. The summed E-state index contributed by atoms with van der Waals surface area (Å²) in [4.78, 5) is 0. The van der Waals surface area contributed by atoms with E-state index >= 15 is 0 Å². The predicted molar refractivity (Wildman–Crippen MR) is 68.4 cm³/mol. The molecule has 0 amide bonds. The van der Waals surface area contributed by atoms with Crippen LogP contribution in [0.5, 0.6) is 5.75 Å². The van der Waals surface area contributed by atoms with Crippen LogP contribution < -0.4 is 4.74 Å². The SMILES string of the molecule is OCc1cc(Br)cc2c1O[C@H]1C[C@@H](O)[C@H](CO)[C@@H]21. The molecule has 4 atom stereocenters.